The van der Waals surface area contributed by atoms with Crippen LogP contribution in [0.15, 0.2) is 54.6 Å². The van der Waals surface area contributed by atoms with E-state index in [9.17, 15) is 9.18 Å². The van der Waals surface area contributed by atoms with E-state index in [0.717, 1.165) is 27.1 Å². The van der Waals surface area contributed by atoms with Crippen molar-refractivity contribution in [3.05, 3.63) is 66.0 Å². The van der Waals surface area contributed by atoms with Crippen LogP contribution in [0.25, 0.3) is 27.6 Å². The molecule has 2 nitrogen and oxygen atoms in total. The van der Waals surface area contributed by atoms with Crippen molar-refractivity contribution in [2.45, 2.75) is 6.92 Å². The van der Waals surface area contributed by atoms with Gasteiger partial charge in [-0.25, -0.2) is 9.18 Å². The van der Waals surface area contributed by atoms with Gasteiger partial charge in [0, 0.05) is 6.08 Å². The Morgan fingerprint density at radius 3 is 2.45 bits per heavy atom. The Morgan fingerprint density at radius 2 is 1.73 bits per heavy atom. The predicted molar refractivity (Wildman–Crippen MR) is 87.1 cm³/mol. The first-order valence-electron chi connectivity index (χ1n) is 7.14. The van der Waals surface area contributed by atoms with Crippen LogP contribution in [0.5, 0.6) is 0 Å². The van der Waals surface area contributed by atoms with Gasteiger partial charge in [0.2, 0.25) is 0 Å². The van der Waals surface area contributed by atoms with Crippen LogP contribution in [0.2, 0.25) is 0 Å². The molecule has 3 heteroatoms. The molecule has 0 bridgehead atoms. The molecule has 0 spiro atoms. The van der Waals surface area contributed by atoms with Crippen molar-refractivity contribution in [3.63, 3.8) is 0 Å². The van der Waals surface area contributed by atoms with E-state index in [4.69, 9.17) is 4.74 Å². The second-order valence-corrected chi connectivity index (χ2v) is 5.00. The first-order valence-corrected chi connectivity index (χ1v) is 7.14. The van der Waals surface area contributed by atoms with Gasteiger partial charge in [-0.1, -0.05) is 30.3 Å². The quantitative estimate of drug-likeness (QED) is 0.397. The molecular formula is C19H15FO2. The molecule has 0 fully saturated rings. The Kier molecular flexibility index (Phi) is 3.88. The van der Waals surface area contributed by atoms with Gasteiger partial charge in [0.1, 0.15) is 5.82 Å². The maximum Gasteiger partial charge on any atom is 0.330 e. The summed E-state index contributed by atoms with van der Waals surface area (Å²) in [4.78, 5) is 11.3. The minimum atomic E-state index is -0.350. The minimum absolute atomic E-state index is 0.235. The number of fused-ring (bicyclic) bond motifs is 3. The van der Waals surface area contributed by atoms with Gasteiger partial charge >= 0.3 is 5.97 Å². The fraction of sp³-hybridized carbons (Fsp3) is 0.105. The average molecular weight is 294 g/mol. The van der Waals surface area contributed by atoms with E-state index in [-0.39, 0.29) is 11.8 Å². The zero-order valence-corrected chi connectivity index (χ0v) is 12.2. The van der Waals surface area contributed by atoms with Crippen molar-refractivity contribution < 1.29 is 13.9 Å². The standard InChI is InChI=1S/C19H15FO2/c1-2-22-19(21)10-4-13-3-8-17-14(11-13)5-6-15-12-16(20)7-9-18(15)17/h3-12H,2H2,1H3/b10-4+. The molecule has 0 saturated carbocycles. The van der Waals surface area contributed by atoms with E-state index in [2.05, 4.69) is 0 Å². The molecule has 0 saturated heterocycles. The highest BCUT2D eigenvalue weighted by Gasteiger charge is 2.02. The van der Waals surface area contributed by atoms with E-state index >= 15 is 0 Å². The van der Waals surface area contributed by atoms with E-state index in [1.807, 2.05) is 30.3 Å². The zero-order chi connectivity index (χ0) is 15.5. The van der Waals surface area contributed by atoms with Gasteiger partial charge in [-0.2, -0.15) is 0 Å². The molecular weight excluding hydrogens is 279 g/mol. The summed E-state index contributed by atoms with van der Waals surface area (Å²) >= 11 is 0. The maximum atomic E-state index is 13.3. The molecule has 22 heavy (non-hydrogen) atoms. The fourth-order valence-electron chi connectivity index (χ4n) is 2.52. The highest BCUT2D eigenvalue weighted by molar-refractivity contribution is 6.08. The Bertz CT molecular complexity index is 881. The van der Waals surface area contributed by atoms with Crippen LogP contribution >= 0.6 is 0 Å². The SMILES string of the molecule is CCOC(=O)/C=C/c1ccc2c(ccc3cc(F)ccc32)c1. The van der Waals surface area contributed by atoms with Crippen molar-refractivity contribution in [3.8, 4) is 0 Å². The summed E-state index contributed by atoms with van der Waals surface area (Å²) in [6, 6.07) is 14.6. The predicted octanol–water partition coefficient (Wildman–Crippen LogP) is 4.71. The Labute approximate surface area is 127 Å². The van der Waals surface area contributed by atoms with Gasteiger partial charge in [0.05, 0.1) is 6.61 Å². The van der Waals surface area contributed by atoms with Gasteiger partial charge in [0.25, 0.3) is 0 Å². The van der Waals surface area contributed by atoms with E-state index < -0.39 is 0 Å². The summed E-state index contributed by atoms with van der Waals surface area (Å²) in [5, 5.41) is 4.00. The van der Waals surface area contributed by atoms with Crippen molar-refractivity contribution in [1.29, 1.82) is 0 Å². The maximum absolute atomic E-state index is 13.3. The number of carbonyl (C=O) groups excluding carboxylic acids is 1. The van der Waals surface area contributed by atoms with Gasteiger partial charge in [-0.15, -0.1) is 0 Å². The number of carbonyl (C=O) groups is 1. The molecule has 0 aromatic heterocycles. The summed E-state index contributed by atoms with van der Waals surface area (Å²) in [6.45, 7) is 2.14. The fourth-order valence-corrected chi connectivity index (χ4v) is 2.52. The first-order chi connectivity index (χ1) is 10.7. The van der Waals surface area contributed by atoms with Crippen LogP contribution in [0.4, 0.5) is 4.39 Å². The lowest BCUT2D eigenvalue weighted by molar-refractivity contribution is -0.137. The largest absolute Gasteiger partial charge is 0.463 e. The Balaban J connectivity index is 2.02. The molecule has 0 aliphatic carbocycles. The lowest BCUT2D eigenvalue weighted by atomic mass is 10.00. The zero-order valence-electron chi connectivity index (χ0n) is 12.2. The van der Waals surface area contributed by atoms with Crippen LogP contribution in [0, 0.1) is 5.82 Å². The third-order valence-corrected chi connectivity index (χ3v) is 3.52. The molecule has 0 aliphatic rings. The number of halogens is 1. The van der Waals surface area contributed by atoms with Gasteiger partial charge in [-0.05, 0) is 58.3 Å². The minimum Gasteiger partial charge on any atom is -0.463 e. The van der Waals surface area contributed by atoms with Gasteiger partial charge < -0.3 is 4.74 Å². The average Bonchev–Trinajstić information content (AvgIpc) is 2.52. The third kappa shape index (κ3) is 2.84. The second-order valence-electron chi connectivity index (χ2n) is 5.00. The van der Waals surface area contributed by atoms with Crippen LogP contribution in [0.1, 0.15) is 12.5 Å². The highest BCUT2D eigenvalue weighted by Crippen LogP contribution is 2.27. The molecule has 110 valence electrons. The molecule has 0 heterocycles. The molecule has 0 amide bonds. The number of rotatable bonds is 3. The smallest absolute Gasteiger partial charge is 0.330 e. The number of benzene rings is 3. The van der Waals surface area contributed by atoms with Crippen molar-refractivity contribution in [1.82, 2.24) is 0 Å². The molecule has 0 N–H and O–H groups in total. The normalized spacial score (nSPS) is 11.4. The number of esters is 1. The Hall–Kier alpha value is -2.68. The van der Waals surface area contributed by atoms with Gasteiger partial charge in [-0.3, -0.25) is 0 Å². The molecule has 3 aromatic rings. The first kappa shape index (κ1) is 14.3. The molecule has 3 rings (SSSR count). The van der Waals surface area contributed by atoms with Crippen molar-refractivity contribution in [2.75, 3.05) is 6.61 Å². The summed E-state index contributed by atoms with van der Waals surface area (Å²) in [6.07, 6.45) is 3.15. The van der Waals surface area contributed by atoms with Crippen molar-refractivity contribution >= 4 is 33.6 Å². The number of hydrogen-bond donors (Lipinski definition) is 0. The van der Waals surface area contributed by atoms with E-state index in [0.29, 0.717) is 6.61 Å². The lowest BCUT2D eigenvalue weighted by Crippen LogP contribution is -1.98. The molecule has 0 unspecified atom stereocenters. The van der Waals surface area contributed by atoms with Crippen LogP contribution in [-0.4, -0.2) is 12.6 Å². The summed E-state index contributed by atoms with van der Waals surface area (Å²) in [5.41, 5.74) is 0.919. The third-order valence-electron chi connectivity index (χ3n) is 3.52. The van der Waals surface area contributed by atoms with Crippen molar-refractivity contribution in [2.24, 2.45) is 0 Å². The summed E-state index contributed by atoms with van der Waals surface area (Å²) in [7, 11) is 0. The highest BCUT2D eigenvalue weighted by atomic mass is 19.1. The summed E-state index contributed by atoms with van der Waals surface area (Å²) < 4.78 is 18.1. The lowest BCUT2D eigenvalue weighted by Gasteiger charge is -2.05. The molecule has 3 aromatic carbocycles. The topological polar surface area (TPSA) is 26.3 Å². The molecule has 0 radical (unpaired) electrons. The van der Waals surface area contributed by atoms with Crippen LogP contribution < -0.4 is 0 Å². The van der Waals surface area contributed by atoms with E-state index in [1.165, 1.54) is 18.2 Å². The Morgan fingerprint density at radius 1 is 1.05 bits per heavy atom. The van der Waals surface area contributed by atoms with Crippen LogP contribution in [0.3, 0.4) is 0 Å². The number of ether oxygens (including phenoxy) is 1. The van der Waals surface area contributed by atoms with Crippen LogP contribution in [-0.2, 0) is 9.53 Å². The molecule has 0 aliphatic heterocycles. The summed E-state index contributed by atoms with van der Waals surface area (Å²) in [5.74, 6) is -0.586. The van der Waals surface area contributed by atoms with Gasteiger partial charge in [0.15, 0.2) is 0 Å². The van der Waals surface area contributed by atoms with E-state index in [1.54, 1.807) is 19.1 Å². The number of hydrogen-bond acceptors (Lipinski definition) is 2. The monoisotopic (exact) mass is 294 g/mol. The molecule has 0 atom stereocenters. The second kappa shape index (κ2) is 5.98.